The maximum absolute atomic E-state index is 14.3. The molecule has 1 aliphatic heterocycles. The van der Waals surface area contributed by atoms with Gasteiger partial charge in [0.25, 0.3) is 0 Å². The Kier molecular flexibility index (Phi) is 6.25. The zero-order valence-corrected chi connectivity index (χ0v) is 19.4. The summed E-state index contributed by atoms with van der Waals surface area (Å²) in [5, 5.41) is 2.82. The van der Waals surface area contributed by atoms with Crippen molar-refractivity contribution >= 4 is 17.7 Å². The van der Waals surface area contributed by atoms with E-state index in [1.807, 2.05) is 47.2 Å². The quantitative estimate of drug-likeness (QED) is 0.356. The smallest absolute Gasteiger partial charge is 0.340 e. The van der Waals surface area contributed by atoms with E-state index in [1.165, 1.54) is 17.0 Å². The number of hydrogen-bond donors (Lipinski definition) is 1. The molecule has 2 heterocycles. The fourth-order valence-corrected chi connectivity index (χ4v) is 4.59. The van der Waals surface area contributed by atoms with Crippen LogP contribution in [-0.4, -0.2) is 28.1 Å². The molecule has 1 atom stereocenters. The van der Waals surface area contributed by atoms with Gasteiger partial charge in [-0.15, -0.1) is 0 Å². The van der Waals surface area contributed by atoms with E-state index in [1.54, 1.807) is 31.2 Å². The first-order chi connectivity index (χ1) is 17.5. The number of nitrogens with one attached hydrogen (secondary N) is 1. The van der Waals surface area contributed by atoms with Crippen LogP contribution in [-0.2, 0) is 11.3 Å². The summed E-state index contributed by atoms with van der Waals surface area (Å²) in [5.41, 5.74) is 3.15. The van der Waals surface area contributed by atoms with Gasteiger partial charge in [-0.05, 0) is 60.5 Å². The summed E-state index contributed by atoms with van der Waals surface area (Å²) in [4.78, 5) is 27.8. The minimum atomic E-state index is -0.813. The van der Waals surface area contributed by atoms with Gasteiger partial charge in [-0.3, -0.25) is 0 Å². The normalized spacial score (nSPS) is 14.4. The zero-order chi connectivity index (χ0) is 25.2. The van der Waals surface area contributed by atoms with Crippen LogP contribution in [0.5, 0.6) is 0 Å². The van der Waals surface area contributed by atoms with Gasteiger partial charge in [-0.2, -0.15) is 0 Å². The Morgan fingerprint density at radius 1 is 0.972 bits per heavy atom. The number of esters is 1. The summed E-state index contributed by atoms with van der Waals surface area (Å²) in [6.07, 6.45) is 1.86. The monoisotopic (exact) mass is 487 g/mol. The molecule has 1 N–H and O–H groups in total. The highest BCUT2D eigenvalue weighted by molar-refractivity contribution is 6.01. The van der Waals surface area contributed by atoms with Crippen molar-refractivity contribution in [1.82, 2.24) is 9.47 Å². The second-order valence-corrected chi connectivity index (χ2v) is 8.36. The lowest BCUT2D eigenvalue weighted by molar-refractivity contribution is 0.0527. The van der Waals surface area contributed by atoms with Gasteiger partial charge in [-0.25, -0.2) is 18.4 Å². The average molecular weight is 488 g/mol. The van der Waals surface area contributed by atoms with Crippen LogP contribution in [0.15, 0.2) is 85.1 Å². The van der Waals surface area contributed by atoms with E-state index in [0.717, 1.165) is 17.3 Å². The number of nitrogens with zero attached hydrogens (tertiary/aromatic N) is 2. The van der Waals surface area contributed by atoms with Gasteiger partial charge in [-0.1, -0.05) is 30.3 Å². The third-order valence-electron chi connectivity index (χ3n) is 6.09. The predicted molar refractivity (Wildman–Crippen MR) is 131 cm³/mol. The van der Waals surface area contributed by atoms with E-state index >= 15 is 0 Å². The molecule has 0 bridgehead atoms. The molecule has 36 heavy (non-hydrogen) atoms. The van der Waals surface area contributed by atoms with Crippen LogP contribution in [0.2, 0.25) is 0 Å². The Labute approximate surface area is 206 Å². The number of carbonyl (C=O) groups is 2. The zero-order valence-electron chi connectivity index (χ0n) is 19.4. The number of aromatic nitrogens is 1. The first kappa shape index (κ1) is 23.3. The number of halogens is 2. The van der Waals surface area contributed by atoms with Crippen LogP contribution in [0.3, 0.4) is 0 Å². The molecule has 8 heteroatoms. The number of ether oxygens (including phenoxy) is 1. The number of urea groups is 1. The van der Waals surface area contributed by atoms with Gasteiger partial charge < -0.3 is 19.5 Å². The van der Waals surface area contributed by atoms with Crippen LogP contribution in [0, 0.1) is 11.6 Å². The highest BCUT2D eigenvalue weighted by Crippen LogP contribution is 2.37. The van der Waals surface area contributed by atoms with Gasteiger partial charge >= 0.3 is 12.0 Å². The topological polar surface area (TPSA) is 63.6 Å². The molecule has 5 rings (SSSR count). The van der Waals surface area contributed by atoms with E-state index in [9.17, 15) is 18.4 Å². The summed E-state index contributed by atoms with van der Waals surface area (Å²) < 4.78 is 35.7. The van der Waals surface area contributed by atoms with Crippen LogP contribution < -0.4 is 5.32 Å². The molecular weight excluding hydrogens is 464 g/mol. The fourth-order valence-electron chi connectivity index (χ4n) is 4.59. The maximum atomic E-state index is 14.3. The van der Waals surface area contributed by atoms with Crippen LogP contribution in [0.1, 0.15) is 40.1 Å². The van der Waals surface area contributed by atoms with E-state index in [-0.39, 0.29) is 30.0 Å². The van der Waals surface area contributed by atoms with Crippen molar-refractivity contribution in [2.75, 3.05) is 11.9 Å². The number of benzene rings is 3. The minimum Gasteiger partial charge on any atom is -0.462 e. The average Bonchev–Trinajstić information content (AvgIpc) is 3.28. The summed E-state index contributed by atoms with van der Waals surface area (Å²) in [5.74, 6) is -2.04. The van der Waals surface area contributed by atoms with Crippen molar-refractivity contribution in [2.24, 2.45) is 0 Å². The molecule has 0 spiro atoms. The largest absolute Gasteiger partial charge is 0.462 e. The highest BCUT2D eigenvalue weighted by atomic mass is 19.1. The SMILES string of the molecule is CCOC(=O)c1ccccc1NC(=O)N1Cc2ccccc2-n2cccc2[C@H]1c1cc(F)cc(F)c1. The number of hydrogen-bond acceptors (Lipinski definition) is 3. The highest BCUT2D eigenvalue weighted by Gasteiger charge is 2.34. The van der Waals surface area contributed by atoms with E-state index in [2.05, 4.69) is 5.32 Å². The van der Waals surface area contributed by atoms with Crippen LogP contribution in [0.4, 0.5) is 19.3 Å². The first-order valence-corrected chi connectivity index (χ1v) is 11.5. The lowest BCUT2D eigenvalue weighted by Crippen LogP contribution is -2.38. The van der Waals surface area contributed by atoms with E-state index in [0.29, 0.717) is 5.69 Å². The molecule has 0 saturated heterocycles. The van der Waals surface area contributed by atoms with Crippen molar-refractivity contribution in [3.8, 4) is 5.69 Å². The molecular formula is C28H23F2N3O3. The van der Waals surface area contributed by atoms with Crippen molar-refractivity contribution in [2.45, 2.75) is 19.5 Å². The second-order valence-electron chi connectivity index (χ2n) is 8.36. The van der Waals surface area contributed by atoms with Crippen molar-refractivity contribution in [3.63, 3.8) is 0 Å². The predicted octanol–water partition coefficient (Wildman–Crippen LogP) is 6.07. The summed E-state index contributed by atoms with van der Waals surface area (Å²) in [6, 6.07) is 19.7. The molecule has 4 aromatic rings. The van der Waals surface area contributed by atoms with Crippen molar-refractivity contribution < 1.29 is 23.1 Å². The van der Waals surface area contributed by atoms with Gasteiger partial charge in [0.15, 0.2) is 0 Å². The Morgan fingerprint density at radius 3 is 2.47 bits per heavy atom. The van der Waals surface area contributed by atoms with Crippen molar-refractivity contribution in [3.05, 3.63) is 119 Å². The number of anilines is 1. The number of rotatable bonds is 4. The van der Waals surface area contributed by atoms with Crippen molar-refractivity contribution in [1.29, 1.82) is 0 Å². The number of fused-ring (bicyclic) bond motifs is 3. The fraction of sp³-hybridized carbons (Fsp3) is 0.143. The third-order valence-corrected chi connectivity index (χ3v) is 6.09. The number of amides is 2. The maximum Gasteiger partial charge on any atom is 0.340 e. The molecule has 0 fully saturated rings. The molecule has 6 nitrogen and oxygen atoms in total. The van der Waals surface area contributed by atoms with Gasteiger partial charge in [0.1, 0.15) is 11.6 Å². The van der Waals surface area contributed by atoms with E-state index in [4.69, 9.17) is 4.74 Å². The summed E-state index contributed by atoms with van der Waals surface area (Å²) in [6.45, 7) is 2.05. The Bertz CT molecular complexity index is 1430. The van der Waals surface area contributed by atoms with Crippen LogP contribution >= 0.6 is 0 Å². The molecule has 0 aliphatic carbocycles. The molecule has 1 aliphatic rings. The molecule has 0 saturated carbocycles. The summed E-state index contributed by atoms with van der Waals surface area (Å²) >= 11 is 0. The third kappa shape index (κ3) is 4.33. The molecule has 0 unspecified atom stereocenters. The molecule has 182 valence electrons. The first-order valence-electron chi connectivity index (χ1n) is 11.5. The molecule has 0 radical (unpaired) electrons. The van der Waals surface area contributed by atoms with Gasteiger partial charge in [0, 0.05) is 18.0 Å². The standard InChI is InChI=1S/C28H23F2N3O3/c1-2-36-27(34)22-9-4-5-10-23(22)31-28(35)33-17-18-8-3-6-11-24(18)32-13-7-12-25(32)26(33)19-14-20(29)16-21(30)15-19/h3-16,26H,2,17H2,1H3,(H,31,35)/t26-/m1/s1. The molecule has 3 aromatic carbocycles. The lowest BCUT2D eigenvalue weighted by Gasteiger charge is -2.31. The Hall–Kier alpha value is -4.46. The number of para-hydroxylation sites is 2. The molecule has 2 amide bonds. The summed E-state index contributed by atoms with van der Waals surface area (Å²) in [7, 11) is 0. The number of carbonyl (C=O) groups excluding carboxylic acids is 2. The Morgan fingerprint density at radius 2 is 1.69 bits per heavy atom. The van der Waals surface area contributed by atoms with Gasteiger partial charge in [0.05, 0.1) is 36.1 Å². The van der Waals surface area contributed by atoms with Crippen LogP contribution in [0.25, 0.3) is 5.69 Å². The second kappa shape index (κ2) is 9.65. The lowest BCUT2D eigenvalue weighted by atomic mass is 10.0. The Balaban J connectivity index is 1.62. The minimum absolute atomic E-state index is 0.161. The van der Waals surface area contributed by atoms with Gasteiger partial charge in [0.2, 0.25) is 0 Å². The van der Waals surface area contributed by atoms with E-state index < -0.39 is 29.7 Å². The molecule has 1 aromatic heterocycles.